The molecule has 0 saturated heterocycles. The van der Waals surface area contributed by atoms with Gasteiger partial charge >= 0.3 is 5.97 Å². The molecule has 2 rings (SSSR count). The third-order valence-electron chi connectivity index (χ3n) is 3.41. The van der Waals surface area contributed by atoms with E-state index in [0.29, 0.717) is 23.7 Å². The molecule has 0 aromatic heterocycles. The van der Waals surface area contributed by atoms with Crippen molar-refractivity contribution in [2.75, 3.05) is 20.3 Å². The standard InChI is InChI=1S/C19H21NO5/c1-3-24-17-11-7-5-9-15(17)19(22)25-13-18(21)20-12-14-8-4-6-10-16(14)23-2/h4-11H,3,12-13H2,1-2H3,(H,20,21). The van der Waals surface area contributed by atoms with Gasteiger partial charge in [0.25, 0.3) is 5.91 Å². The summed E-state index contributed by atoms with van der Waals surface area (Å²) < 4.78 is 15.7. The second-order valence-corrected chi connectivity index (χ2v) is 5.09. The zero-order chi connectivity index (χ0) is 18.1. The monoisotopic (exact) mass is 343 g/mol. The molecule has 0 aliphatic carbocycles. The molecule has 6 nitrogen and oxygen atoms in total. The largest absolute Gasteiger partial charge is 0.496 e. The van der Waals surface area contributed by atoms with Crippen molar-refractivity contribution in [1.82, 2.24) is 5.32 Å². The van der Waals surface area contributed by atoms with Gasteiger partial charge in [-0.05, 0) is 25.1 Å². The molecule has 0 heterocycles. The quantitative estimate of drug-likeness (QED) is 0.746. The second kappa shape index (κ2) is 9.32. The van der Waals surface area contributed by atoms with Crippen LogP contribution >= 0.6 is 0 Å². The first-order valence-electron chi connectivity index (χ1n) is 7.93. The van der Waals surface area contributed by atoms with Crippen LogP contribution in [0.15, 0.2) is 48.5 Å². The molecule has 0 spiro atoms. The molecule has 1 N–H and O–H groups in total. The van der Waals surface area contributed by atoms with E-state index in [9.17, 15) is 9.59 Å². The molecule has 0 saturated carbocycles. The average Bonchev–Trinajstić information content (AvgIpc) is 2.65. The minimum absolute atomic E-state index is 0.288. The third kappa shape index (κ3) is 5.24. The Hall–Kier alpha value is -3.02. The van der Waals surface area contributed by atoms with Crippen molar-refractivity contribution in [3.05, 3.63) is 59.7 Å². The van der Waals surface area contributed by atoms with Crippen molar-refractivity contribution in [3.8, 4) is 11.5 Å². The van der Waals surface area contributed by atoms with Gasteiger partial charge in [-0.25, -0.2) is 4.79 Å². The van der Waals surface area contributed by atoms with Crippen LogP contribution in [0.4, 0.5) is 0 Å². The van der Waals surface area contributed by atoms with Crippen LogP contribution in [0.3, 0.4) is 0 Å². The second-order valence-electron chi connectivity index (χ2n) is 5.09. The summed E-state index contributed by atoms with van der Waals surface area (Å²) in [5.41, 5.74) is 1.13. The highest BCUT2D eigenvalue weighted by Crippen LogP contribution is 2.19. The molecule has 0 fully saturated rings. The molecule has 132 valence electrons. The average molecular weight is 343 g/mol. The summed E-state index contributed by atoms with van der Waals surface area (Å²) in [6.07, 6.45) is 0. The topological polar surface area (TPSA) is 73.9 Å². The molecule has 25 heavy (non-hydrogen) atoms. The van der Waals surface area contributed by atoms with Crippen molar-refractivity contribution in [2.24, 2.45) is 0 Å². The number of nitrogens with one attached hydrogen (secondary N) is 1. The Morgan fingerprint density at radius 2 is 1.68 bits per heavy atom. The van der Waals surface area contributed by atoms with Crippen molar-refractivity contribution >= 4 is 11.9 Å². The molecule has 1 amide bonds. The highest BCUT2D eigenvalue weighted by Gasteiger charge is 2.15. The number of benzene rings is 2. The van der Waals surface area contributed by atoms with Crippen LogP contribution in [0.25, 0.3) is 0 Å². The van der Waals surface area contributed by atoms with Crippen LogP contribution in [-0.4, -0.2) is 32.2 Å². The molecule has 2 aromatic rings. The predicted molar refractivity (Wildman–Crippen MR) is 92.7 cm³/mol. The number of para-hydroxylation sites is 2. The normalized spacial score (nSPS) is 10.0. The number of carbonyl (C=O) groups excluding carboxylic acids is 2. The fourth-order valence-electron chi connectivity index (χ4n) is 2.22. The van der Waals surface area contributed by atoms with Crippen molar-refractivity contribution in [3.63, 3.8) is 0 Å². The van der Waals surface area contributed by atoms with Gasteiger partial charge in [0.2, 0.25) is 0 Å². The number of methoxy groups -OCH3 is 1. The van der Waals surface area contributed by atoms with Gasteiger partial charge in [0.1, 0.15) is 17.1 Å². The fraction of sp³-hybridized carbons (Fsp3) is 0.263. The van der Waals surface area contributed by atoms with Gasteiger partial charge in [0.15, 0.2) is 6.61 Å². The maximum atomic E-state index is 12.1. The van der Waals surface area contributed by atoms with E-state index >= 15 is 0 Å². The summed E-state index contributed by atoms with van der Waals surface area (Å²) in [4.78, 5) is 24.0. The summed E-state index contributed by atoms with van der Waals surface area (Å²) in [6.45, 7) is 2.18. The predicted octanol–water partition coefficient (Wildman–Crippen LogP) is 2.57. The van der Waals surface area contributed by atoms with Crippen molar-refractivity contribution in [1.29, 1.82) is 0 Å². The van der Waals surface area contributed by atoms with Crippen molar-refractivity contribution < 1.29 is 23.8 Å². The Morgan fingerprint density at radius 3 is 2.40 bits per heavy atom. The van der Waals surface area contributed by atoms with E-state index in [-0.39, 0.29) is 13.2 Å². The number of ether oxygens (including phenoxy) is 3. The van der Waals surface area contributed by atoms with Gasteiger partial charge in [-0.2, -0.15) is 0 Å². The highest BCUT2D eigenvalue weighted by molar-refractivity contribution is 5.93. The summed E-state index contributed by atoms with van der Waals surface area (Å²) >= 11 is 0. The first-order valence-corrected chi connectivity index (χ1v) is 7.93. The van der Waals surface area contributed by atoms with E-state index < -0.39 is 11.9 Å². The van der Waals surface area contributed by atoms with Gasteiger partial charge in [-0.3, -0.25) is 4.79 Å². The lowest BCUT2D eigenvalue weighted by Gasteiger charge is -2.11. The smallest absolute Gasteiger partial charge is 0.342 e. The Kier molecular flexibility index (Phi) is 6.83. The Labute approximate surface area is 146 Å². The first kappa shape index (κ1) is 18.3. The Bertz CT molecular complexity index is 729. The number of rotatable bonds is 8. The zero-order valence-corrected chi connectivity index (χ0v) is 14.3. The van der Waals surface area contributed by atoms with E-state index in [2.05, 4.69) is 5.32 Å². The zero-order valence-electron chi connectivity index (χ0n) is 14.3. The van der Waals surface area contributed by atoms with Gasteiger partial charge < -0.3 is 19.5 Å². The van der Waals surface area contributed by atoms with Crippen LogP contribution in [0.5, 0.6) is 11.5 Å². The molecule has 2 aromatic carbocycles. The van der Waals surface area contributed by atoms with E-state index in [1.807, 2.05) is 31.2 Å². The maximum Gasteiger partial charge on any atom is 0.342 e. The molecule has 0 unspecified atom stereocenters. The number of hydrogen-bond acceptors (Lipinski definition) is 5. The van der Waals surface area contributed by atoms with E-state index in [1.165, 1.54) is 0 Å². The molecule has 0 atom stereocenters. The third-order valence-corrected chi connectivity index (χ3v) is 3.41. The SMILES string of the molecule is CCOc1ccccc1C(=O)OCC(=O)NCc1ccccc1OC. The summed E-state index contributed by atoms with van der Waals surface area (Å²) in [6, 6.07) is 14.1. The maximum absolute atomic E-state index is 12.1. The van der Waals surface area contributed by atoms with Gasteiger partial charge in [0, 0.05) is 12.1 Å². The lowest BCUT2D eigenvalue weighted by molar-refractivity contribution is -0.124. The van der Waals surface area contributed by atoms with Gasteiger partial charge in [0.05, 0.1) is 13.7 Å². The van der Waals surface area contributed by atoms with Crippen LogP contribution in [0.2, 0.25) is 0 Å². The Balaban J connectivity index is 1.86. The molecular formula is C19H21NO5. The summed E-state index contributed by atoms with van der Waals surface area (Å²) in [5, 5.41) is 2.69. The fourth-order valence-corrected chi connectivity index (χ4v) is 2.22. The van der Waals surface area contributed by atoms with Crippen LogP contribution in [-0.2, 0) is 16.1 Å². The molecule has 0 aliphatic heterocycles. The number of carbonyl (C=O) groups is 2. The molecule has 0 radical (unpaired) electrons. The lowest BCUT2D eigenvalue weighted by atomic mass is 10.2. The number of amides is 1. The van der Waals surface area contributed by atoms with Crippen molar-refractivity contribution in [2.45, 2.75) is 13.5 Å². The minimum Gasteiger partial charge on any atom is -0.496 e. The molecular weight excluding hydrogens is 322 g/mol. The van der Waals surface area contributed by atoms with Gasteiger partial charge in [-0.1, -0.05) is 30.3 Å². The van der Waals surface area contributed by atoms with Crippen LogP contribution in [0.1, 0.15) is 22.8 Å². The molecule has 6 heteroatoms. The molecule has 0 bridgehead atoms. The van der Waals surface area contributed by atoms with E-state index in [4.69, 9.17) is 14.2 Å². The number of hydrogen-bond donors (Lipinski definition) is 1. The van der Waals surface area contributed by atoms with Crippen LogP contribution < -0.4 is 14.8 Å². The summed E-state index contributed by atoms with van der Waals surface area (Å²) in [5.74, 6) is 0.125. The lowest BCUT2D eigenvalue weighted by Crippen LogP contribution is -2.28. The van der Waals surface area contributed by atoms with Gasteiger partial charge in [-0.15, -0.1) is 0 Å². The minimum atomic E-state index is -0.600. The van der Waals surface area contributed by atoms with E-state index in [0.717, 1.165) is 5.56 Å². The number of esters is 1. The van der Waals surface area contributed by atoms with Crippen LogP contribution in [0, 0.1) is 0 Å². The first-order chi connectivity index (χ1) is 12.2. The Morgan fingerprint density at radius 1 is 1.00 bits per heavy atom. The molecule has 0 aliphatic rings. The highest BCUT2D eigenvalue weighted by atomic mass is 16.5. The summed E-state index contributed by atoms with van der Waals surface area (Å²) in [7, 11) is 1.57. The van der Waals surface area contributed by atoms with E-state index in [1.54, 1.807) is 31.4 Å².